The van der Waals surface area contributed by atoms with E-state index in [-0.39, 0.29) is 11.9 Å². The van der Waals surface area contributed by atoms with Crippen LogP contribution in [0.2, 0.25) is 10.0 Å². The Morgan fingerprint density at radius 2 is 1.90 bits per heavy atom. The van der Waals surface area contributed by atoms with Crippen molar-refractivity contribution in [1.29, 1.82) is 0 Å². The first-order chi connectivity index (χ1) is 9.51. The van der Waals surface area contributed by atoms with Gasteiger partial charge in [0.05, 0.1) is 0 Å². The molecule has 4 heteroatoms. The highest BCUT2D eigenvalue weighted by Crippen LogP contribution is 2.28. The van der Waals surface area contributed by atoms with Crippen molar-refractivity contribution < 1.29 is 4.39 Å². The lowest BCUT2D eigenvalue weighted by atomic mass is 9.98. The van der Waals surface area contributed by atoms with Crippen LogP contribution in [0.1, 0.15) is 22.7 Å². The smallest absolute Gasteiger partial charge is 0.126 e. The van der Waals surface area contributed by atoms with E-state index in [2.05, 4.69) is 5.32 Å². The summed E-state index contributed by atoms with van der Waals surface area (Å²) in [6, 6.07) is 10.4. The van der Waals surface area contributed by atoms with E-state index in [4.69, 9.17) is 23.2 Å². The fraction of sp³-hybridized carbons (Fsp3) is 0.250. The normalized spacial score (nSPS) is 12.4. The Morgan fingerprint density at radius 1 is 1.15 bits per heavy atom. The van der Waals surface area contributed by atoms with E-state index in [0.29, 0.717) is 22.0 Å². The number of hydrogen-bond acceptors (Lipinski definition) is 1. The summed E-state index contributed by atoms with van der Waals surface area (Å²) in [4.78, 5) is 0. The molecule has 0 saturated carbocycles. The minimum atomic E-state index is -0.252. The number of aryl methyl sites for hydroxylation is 1. The van der Waals surface area contributed by atoms with Crippen molar-refractivity contribution in [3.05, 3.63) is 69.0 Å². The molecule has 2 aromatic carbocycles. The number of likely N-dealkylation sites (N-methyl/N-ethyl adjacent to an activating group) is 1. The van der Waals surface area contributed by atoms with Gasteiger partial charge in [0.25, 0.3) is 0 Å². The molecule has 1 nitrogen and oxygen atoms in total. The molecule has 106 valence electrons. The van der Waals surface area contributed by atoms with Crippen LogP contribution in [0.5, 0.6) is 0 Å². The lowest BCUT2D eigenvalue weighted by molar-refractivity contribution is 0.554. The first-order valence-corrected chi connectivity index (χ1v) is 7.14. The fourth-order valence-electron chi connectivity index (χ4n) is 2.20. The van der Waals surface area contributed by atoms with Crippen molar-refractivity contribution in [3.8, 4) is 0 Å². The molecule has 1 atom stereocenters. The van der Waals surface area contributed by atoms with Gasteiger partial charge in [0, 0.05) is 16.1 Å². The quantitative estimate of drug-likeness (QED) is 0.843. The summed E-state index contributed by atoms with van der Waals surface area (Å²) in [5, 5.41) is 4.40. The summed E-state index contributed by atoms with van der Waals surface area (Å²) < 4.78 is 13.8. The molecule has 0 aliphatic rings. The van der Waals surface area contributed by atoms with Gasteiger partial charge >= 0.3 is 0 Å². The summed E-state index contributed by atoms with van der Waals surface area (Å²) >= 11 is 12.2. The minimum absolute atomic E-state index is 0.0592. The first kappa shape index (κ1) is 15.3. The predicted molar refractivity (Wildman–Crippen MR) is 83.1 cm³/mol. The van der Waals surface area contributed by atoms with Crippen molar-refractivity contribution in [1.82, 2.24) is 5.32 Å². The van der Waals surface area contributed by atoms with Crippen molar-refractivity contribution in [2.24, 2.45) is 0 Å². The lowest BCUT2D eigenvalue weighted by Crippen LogP contribution is -2.19. The van der Waals surface area contributed by atoms with Crippen LogP contribution < -0.4 is 5.32 Å². The van der Waals surface area contributed by atoms with Crippen molar-refractivity contribution >= 4 is 23.2 Å². The molecule has 0 saturated heterocycles. The molecule has 0 aliphatic carbocycles. The van der Waals surface area contributed by atoms with Crippen molar-refractivity contribution in [3.63, 3.8) is 0 Å². The van der Waals surface area contributed by atoms with Crippen molar-refractivity contribution in [2.75, 3.05) is 7.05 Å². The van der Waals surface area contributed by atoms with Gasteiger partial charge in [-0.2, -0.15) is 0 Å². The predicted octanol–water partition coefficient (Wildman–Crippen LogP) is 4.94. The zero-order valence-corrected chi connectivity index (χ0v) is 12.9. The molecular weight excluding hydrogens is 296 g/mol. The topological polar surface area (TPSA) is 12.0 Å². The lowest BCUT2D eigenvalue weighted by Gasteiger charge is -2.19. The molecule has 0 aliphatic heterocycles. The van der Waals surface area contributed by atoms with Crippen LogP contribution in [0.4, 0.5) is 4.39 Å². The third-order valence-corrected chi connectivity index (χ3v) is 3.87. The summed E-state index contributed by atoms with van der Waals surface area (Å²) in [5.41, 5.74) is 2.63. The Hall–Kier alpha value is -1.09. The highest BCUT2D eigenvalue weighted by Gasteiger charge is 2.16. The maximum absolute atomic E-state index is 13.8. The van der Waals surface area contributed by atoms with Crippen LogP contribution in [-0.4, -0.2) is 7.05 Å². The Morgan fingerprint density at radius 3 is 2.55 bits per heavy atom. The summed E-state index contributed by atoms with van der Waals surface area (Å²) in [6.45, 7) is 1.99. The van der Waals surface area contributed by atoms with Gasteiger partial charge < -0.3 is 5.32 Å². The van der Waals surface area contributed by atoms with E-state index in [1.807, 2.05) is 32.2 Å². The van der Waals surface area contributed by atoms with E-state index < -0.39 is 0 Å². The van der Waals surface area contributed by atoms with Crippen LogP contribution in [0, 0.1) is 12.7 Å². The van der Waals surface area contributed by atoms with Crippen LogP contribution in [0.25, 0.3) is 0 Å². The number of hydrogen-bond donors (Lipinski definition) is 1. The standard InChI is InChI=1S/C16H16Cl2FN/c1-10-3-5-13(14(18)7-10)16(20-2)9-11-8-12(17)4-6-15(11)19/h3-8,16,20H,9H2,1-2H3. The van der Waals surface area contributed by atoms with Crippen molar-refractivity contribution in [2.45, 2.75) is 19.4 Å². The highest BCUT2D eigenvalue weighted by molar-refractivity contribution is 6.31. The largest absolute Gasteiger partial charge is 0.313 e. The molecule has 0 bridgehead atoms. The average molecular weight is 312 g/mol. The first-order valence-electron chi connectivity index (χ1n) is 6.38. The Kier molecular flexibility index (Phi) is 5.03. The maximum atomic E-state index is 13.8. The van der Waals surface area contributed by atoms with E-state index in [0.717, 1.165) is 11.1 Å². The van der Waals surface area contributed by atoms with Gasteiger partial charge in [0.2, 0.25) is 0 Å². The third-order valence-electron chi connectivity index (χ3n) is 3.31. The number of nitrogens with one attached hydrogen (secondary N) is 1. The van der Waals surface area contributed by atoms with Crippen LogP contribution >= 0.6 is 23.2 Å². The molecule has 20 heavy (non-hydrogen) atoms. The third kappa shape index (κ3) is 3.51. The van der Waals surface area contributed by atoms with Crippen LogP contribution in [-0.2, 0) is 6.42 Å². The molecule has 2 rings (SSSR count). The van der Waals surface area contributed by atoms with Gasteiger partial charge in [-0.25, -0.2) is 4.39 Å². The molecule has 0 aromatic heterocycles. The summed E-state index contributed by atoms with van der Waals surface area (Å²) in [5.74, 6) is -0.252. The van der Waals surface area contributed by atoms with Crippen LogP contribution in [0.3, 0.4) is 0 Å². The average Bonchev–Trinajstić information content (AvgIpc) is 2.40. The zero-order valence-electron chi connectivity index (χ0n) is 11.4. The second kappa shape index (κ2) is 6.57. The molecule has 0 heterocycles. The van der Waals surface area contributed by atoms with E-state index in [1.54, 1.807) is 12.1 Å². The summed E-state index contributed by atoms with van der Waals surface area (Å²) in [6.07, 6.45) is 0.492. The monoisotopic (exact) mass is 311 g/mol. The molecule has 0 radical (unpaired) electrons. The SMILES string of the molecule is CNC(Cc1cc(Cl)ccc1F)c1ccc(C)cc1Cl. The number of halogens is 3. The molecule has 0 spiro atoms. The second-order valence-electron chi connectivity index (χ2n) is 4.81. The zero-order chi connectivity index (χ0) is 14.7. The highest BCUT2D eigenvalue weighted by atomic mass is 35.5. The van der Waals surface area contributed by atoms with Gasteiger partial charge in [0.15, 0.2) is 0 Å². The molecule has 0 amide bonds. The van der Waals surface area contributed by atoms with E-state index in [9.17, 15) is 4.39 Å². The van der Waals surface area contributed by atoms with E-state index >= 15 is 0 Å². The van der Waals surface area contributed by atoms with Gasteiger partial charge in [-0.15, -0.1) is 0 Å². The number of benzene rings is 2. The second-order valence-corrected chi connectivity index (χ2v) is 5.65. The number of rotatable bonds is 4. The molecule has 0 fully saturated rings. The minimum Gasteiger partial charge on any atom is -0.313 e. The van der Waals surface area contributed by atoms with Gasteiger partial charge in [-0.1, -0.05) is 35.3 Å². The van der Waals surface area contributed by atoms with Gasteiger partial charge in [-0.05, 0) is 61.3 Å². The van der Waals surface area contributed by atoms with Gasteiger partial charge in [0.1, 0.15) is 5.82 Å². The molecule has 1 N–H and O–H groups in total. The van der Waals surface area contributed by atoms with Gasteiger partial charge in [-0.3, -0.25) is 0 Å². The molecule has 1 unspecified atom stereocenters. The Bertz CT molecular complexity index is 613. The van der Waals surface area contributed by atoms with E-state index in [1.165, 1.54) is 6.07 Å². The maximum Gasteiger partial charge on any atom is 0.126 e. The molecule has 2 aromatic rings. The molecular formula is C16H16Cl2FN. The Balaban J connectivity index is 2.31. The Labute approximate surface area is 128 Å². The fourth-order valence-corrected chi connectivity index (χ4v) is 2.76. The summed E-state index contributed by atoms with van der Waals surface area (Å²) in [7, 11) is 1.84. The van der Waals surface area contributed by atoms with Crippen LogP contribution in [0.15, 0.2) is 36.4 Å².